The second kappa shape index (κ2) is 9.59. The van der Waals surface area contributed by atoms with Crippen LogP contribution in [-0.2, 0) is 6.54 Å². The first kappa shape index (κ1) is 24.0. The zero-order chi connectivity index (χ0) is 25.3. The van der Waals surface area contributed by atoms with E-state index < -0.39 is 10.8 Å². The van der Waals surface area contributed by atoms with Crippen molar-refractivity contribution in [3.8, 4) is 11.5 Å². The largest absolute Gasteiger partial charge is 0.457 e. The summed E-state index contributed by atoms with van der Waals surface area (Å²) in [5.41, 5.74) is 3.43. The number of anilines is 1. The van der Waals surface area contributed by atoms with Gasteiger partial charge in [0.2, 0.25) is 0 Å². The van der Waals surface area contributed by atoms with Gasteiger partial charge in [0.15, 0.2) is 5.69 Å². The molecule has 2 aromatic carbocycles. The molecule has 2 aromatic heterocycles. The summed E-state index contributed by atoms with van der Waals surface area (Å²) in [7, 11) is 0. The Morgan fingerprint density at radius 3 is 2.66 bits per heavy atom. The van der Waals surface area contributed by atoms with E-state index in [1.165, 1.54) is 24.4 Å². The van der Waals surface area contributed by atoms with Gasteiger partial charge in [-0.3, -0.25) is 19.6 Å². The van der Waals surface area contributed by atoms with Gasteiger partial charge in [0.1, 0.15) is 17.3 Å². The van der Waals surface area contributed by atoms with Gasteiger partial charge < -0.3 is 14.6 Å². The molecule has 0 spiro atoms. The fourth-order valence-electron chi connectivity index (χ4n) is 3.59. The Kier molecular flexibility index (Phi) is 6.57. The van der Waals surface area contributed by atoms with Gasteiger partial charge in [0, 0.05) is 23.9 Å². The first-order valence-electron chi connectivity index (χ1n) is 10.6. The summed E-state index contributed by atoms with van der Waals surface area (Å²) in [6.07, 6.45) is 3.08. The predicted molar refractivity (Wildman–Crippen MR) is 129 cm³/mol. The number of halogens is 1. The highest BCUT2D eigenvalue weighted by molar-refractivity contribution is 6.30. The number of hydrogen-bond acceptors (Lipinski definition) is 7. The molecule has 0 saturated carbocycles. The Hall–Kier alpha value is -4.18. The highest BCUT2D eigenvalue weighted by atomic mass is 35.5. The number of nitrogens with one attached hydrogen (secondary N) is 1. The van der Waals surface area contributed by atoms with Gasteiger partial charge in [-0.1, -0.05) is 22.8 Å². The topological polar surface area (TPSA) is 125 Å². The second-order valence-corrected chi connectivity index (χ2v) is 8.59. The summed E-state index contributed by atoms with van der Waals surface area (Å²) in [5, 5.41) is 22.6. The maximum absolute atomic E-state index is 13.0. The van der Waals surface area contributed by atoms with Gasteiger partial charge in [0.05, 0.1) is 34.4 Å². The molecule has 0 saturated heterocycles. The van der Waals surface area contributed by atoms with Crippen molar-refractivity contribution in [1.82, 2.24) is 14.9 Å². The molecule has 35 heavy (non-hydrogen) atoms. The van der Waals surface area contributed by atoms with Gasteiger partial charge in [-0.25, -0.2) is 0 Å². The average Bonchev–Trinajstić information content (AvgIpc) is 3.37. The molecule has 2 heterocycles. The van der Waals surface area contributed by atoms with Crippen LogP contribution in [0.5, 0.6) is 11.5 Å². The van der Waals surface area contributed by atoms with Crippen LogP contribution in [0.4, 0.5) is 11.4 Å². The van der Waals surface area contributed by atoms with Crippen LogP contribution in [0, 0.1) is 37.8 Å². The molecule has 1 N–H and O–H groups in total. The molecular formula is C24H22ClN5O5. The lowest BCUT2D eigenvalue weighted by Crippen LogP contribution is -2.16. The number of rotatable bonds is 7. The van der Waals surface area contributed by atoms with Crippen LogP contribution >= 0.6 is 11.6 Å². The Morgan fingerprint density at radius 2 is 1.97 bits per heavy atom. The van der Waals surface area contributed by atoms with Crippen LogP contribution in [0.3, 0.4) is 0 Å². The monoisotopic (exact) mass is 495 g/mol. The highest BCUT2D eigenvalue weighted by Crippen LogP contribution is 2.33. The molecule has 0 aliphatic heterocycles. The van der Waals surface area contributed by atoms with Crippen molar-refractivity contribution in [3.05, 3.63) is 91.6 Å². The summed E-state index contributed by atoms with van der Waals surface area (Å²) in [4.78, 5) is 24.0. The lowest BCUT2D eigenvalue weighted by atomic mass is 10.1. The molecule has 11 heteroatoms. The minimum absolute atomic E-state index is 0.0354. The van der Waals surface area contributed by atoms with Gasteiger partial charge in [-0.2, -0.15) is 5.10 Å². The van der Waals surface area contributed by atoms with Crippen LogP contribution in [-0.4, -0.2) is 25.8 Å². The van der Waals surface area contributed by atoms with Crippen molar-refractivity contribution in [2.45, 2.75) is 34.2 Å². The number of nitro benzene ring substituents is 1. The minimum atomic E-state index is -0.593. The standard InChI is InChI=1S/C24H22ClN5O5/c1-13-5-14(2)15(3)22(6-13)34-20-8-18(7-19(9-20)30(32)33)27-24(31)23-21(16(4)35-28-23)12-29-11-17(25)10-26-29/h5-11H,12H2,1-4H3,(H,27,31). The normalized spacial score (nSPS) is 10.9. The van der Waals surface area contributed by atoms with Gasteiger partial charge in [-0.15, -0.1) is 0 Å². The number of hydrogen-bond donors (Lipinski definition) is 1. The van der Waals surface area contributed by atoms with Gasteiger partial charge >= 0.3 is 0 Å². The summed E-state index contributed by atoms with van der Waals surface area (Å²) in [6.45, 7) is 7.69. The first-order chi connectivity index (χ1) is 16.6. The summed E-state index contributed by atoms with van der Waals surface area (Å²) < 4.78 is 12.7. The molecule has 1 amide bonds. The average molecular weight is 496 g/mol. The summed E-state index contributed by atoms with van der Waals surface area (Å²) >= 11 is 5.92. The molecule has 0 radical (unpaired) electrons. The minimum Gasteiger partial charge on any atom is -0.457 e. The molecule has 0 atom stereocenters. The van der Waals surface area contributed by atoms with Crippen molar-refractivity contribution >= 4 is 28.9 Å². The number of amides is 1. The quantitative estimate of drug-likeness (QED) is 0.255. The van der Waals surface area contributed by atoms with E-state index in [-0.39, 0.29) is 29.4 Å². The van der Waals surface area contributed by atoms with Crippen molar-refractivity contribution in [2.24, 2.45) is 0 Å². The molecule has 180 valence electrons. The highest BCUT2D eigenvalue weighted by Gasteiger charge is 2.22. The Balaban J connectivity index is 1.63. The van der Waals surface area contributed by atoms with E-state index in [1.807, 2.05) is 32.9 Å². The number of carbonyl (C=O) groups excluding carboxylic acids is 1. The number of nitro groups is 1. The molecule has 0 fully saturated rings. The Bertz CT molecular complexity index is 1440. The van der Waals surface area contributed by atoms with Crippen molar-refractivity contribution < 1.29 is 19.0 Å². The van der Waals surface area contributed by atoms with Crippen LogP contribution in [0.15, 0.2) is 47.2 Å². The van der Waals surface area contributed by atoms with Crippen LogP contribution in [0.1, 0.15) is 38.5 Å². The summed E-state index contributed by atoms with van der Waals surface area (Å²) in [5.74, 6) is 0.636. The fraction of sp³-hybridized carbons (Fsp3) is 0.208. The Labute approximate surface area is 205 Å². The molecular weight excluding hydrogens is 474 g/mol. The molecule has 0 aliphatic carbocycles. The van der Waals surface area contributed by atoms with Crippen molar-refractivity contribution in [2.75, 3.05) is 5.32 Å². The summed E-state index contributed by atoms with van der Waals surface area (Å²) in [6, 6.07) is 7.95. The van der Waals surface area contributed by atoms with E-state index in [1.54, 1.807) is 17.8 Å². The van der Waals surface area contributed by atoms with Crippen LogP contribution < -0.4 is 10.1 Å². The lowest BCUT2D eigenvalue weighted by molar-refractivity contribution is -0.384. The number of ether oxygens (including phenoxy) is 1. The number of aryl methyl sites for hydroxylation is 3. The zero-order valence-corrected chi connectivity index (χ0v) is 20.2. The molecule has 10 nitrogen and oxygen atoms in total. The van der Waals surface area contributed by atoms with Gasteiger partial charge in [-0.05, 0) is 50.5 Å². The smallest absolute Gasteiger partial charge is 0.278 e. The second-order valence-electron chi connectivity index (χ2n) is 8.16. The molecule has 4 aromatic rings. The Morgan fingerprint density at radius 1 is 1.20 bits per heavy atom. The fourth-order valence-corrected chi connectivity index (χ4v) is 3.74. The number of carbonyl (C=O) groups is 1. The third-order valence-electron chi connectivity index (χ3n) is 5.47. The number of nitrogens with zero attached hydrogens (tertiary/aromatic N) is 4. The van der Waals surface area contributed by atoms with Crippen LogP contribution in [0.25, 0.3) is 0 Å². The predicted octanol–water partition coefficient (Wildman–Crippen LogP) is 5.76. The van der Waals surface area contributed by atoms with E-state index >= 15 is 0 Å². The zero-order valence-electron chi connectivity index (χ0n) is 19.5. The molecule has 0 bridgehead atoms. The van der Waals surface area contributed by atoms with E-state index in [0.29, 0.717) is 22.1 Å². The van der Waals surface area contributed by atoms with E-state index in [4.69, 9.17) is 20.9 Å². The third kappa shape index (κ3) is 5.33. The van der Waals surface area contributed by atoms with Crippen molar-refractivity contribution in [3.63, 3.8) is 0 Å². The van der Waals surface area contributed by atoms with Crippen molar-refractivity contribution in [1.29, 1.82) is 0 Å². The van der Waals surface area contributed by atoms with E-state index in [9.17, 15) is 14.9 Å². The lowest BCUT2D eigenvalue weighted by Gasteiger charge is -2.13. The van der Waals surface area contributed by atoms with Crippen LogP contribution in [0.2, 0.25) is 5.02 Å². The SMILES string of the molecule is Cc1cc(C)c(C)c(Oc2cc(NC(=O)c3noc(C)c3Cn3cc(Cl)cn3)cc([N+](=O)[O-])c2)c1. The third-order valence-corrected chi connectivity index (χ3v) is 5.67. The number of non-ortho nitro benzene ring substituents is 1. The molecule has 0 aliphatic rings. The maximum Gasteiger partial charge on any atom is 0.278 e. The first-order valence-corrected chi connectivity index (χ1v) is 11.0. The number of benzene rings is 2. The van der Waals surface area contributed by atoms with E-state index in [2.05, 4.69) is 15.6 Å². The van der Waals surface area contributed by atoms with E-state index in [0.717, 1.165) is 16.7 Å². The number of aromatic nitrogens is 3. The molecule has 0 unspecified atom stereocenters. The van der Waals surface area contributed by atoms with Gasteiger partial charge in [0.25, 0.3) is 11.6 Å². The molecule has 4 rings (SSSR count). The maximum atomic E-state index is 13.0.